The first-order valence-electron chi connectivity index (χ1n) is 10.7. The van der Waals surface area contributed by atoms with Crippen LogP contribution in [0.2, 0.25) is 0 Å². The Balaban J connectivity index is 1.27. The summed E-state index contributed by atoms with van der Waals surface area (Å²) in [5.74, 6) is 0.743. The lowest BCUT2D eigenvalue weighted by Gasteiger charge is -2.07. The molecule has 2 heterocycles. The van der Waals surface area contributed by atoms with Crippen molar-refractivity contribution >= 4 is 50.9 Å². The van der Waals surface area contributed by atoms with Crippen LogP contribution in [0.15, 0.2) is 29.1 Å². The van der Waals surface area contributed by atoms with Crippen molar-refractivity contribution in [2.45, 2.75) is 44.8 Å². The predicted molar refractivity (Wildman–Crippen MR) is 129 cm³/mol. The monoisotopic (exact) mass is 471 g/mol. The lowest BCUT2D eigenvalue weighted by molar-refractivity contribution is -0.113. The number of fused-ring (bicyclic) bond motifs is 3. The van der Waals surface area contributed by atoms with Gasteiger partial charge in [0.1, 0.15) is 10.7 Å². The van der Waals surface area contributed by atoms with Crippen LogP contribution in [0.3, 0.4) is 0 Å². The van der Waals surface area contributed by atoms with Crippen LogP contribution in [0.25, 0.3) is 10.2 Å². The number of hydrogen-bond acceptors (Lipinski definition) is 7. The van der Waals surface area contributed by atoms with Crippen LogP contribution in [-0.2, 0) is 28.1 Å². The summed E-state index contributed by atoms with van der Waals surface area (Å²) >= 11 is 3.00. The number of benzene rings is 1. The summed E-state index contributed by atoms with van der Waals surface area (Å²) in [4.78, 5) is 46.2. The number of amides is 1. The van der Waals surface area contributed by atoms with E-state index in [0.717, 1.165) is 47.9 Å². The van der Waals surface area contributed by atoms with E-state index in [0.29, 0.717) is 29.4 Å². The molecule has 3 aromatic rings. The number of H-pyrrole nitrogens is 1. The molecule has 0 radical (unpaired) electrons. The minimum Gasteiger partial charge on any atom is -0.462 e. The van der Waals surface area contributed by atoms with Crippen LogP contribution in [0.5, 0.6) is 0 Å². The van der Waals surface area contributed by atoms with E-state index in [4.69, 9.17) is 4.74 Å². The number of ether oxygens (including phenoxy) is 1. The highest BCUT2D eigenvalue weighted by atomic mass is 32.2. The van der Waals surface area contributed by atoms with E-state index in [1.165, 1.54) is 16.6 Å². The molecule has 0 bridgehead atoms. The van der Waals surface area contributed by atoms with Crippen molar-refractivity contribution in [3.8, 4) is 0 Å². The van der Waals surface area contributed by atoms with Crippen molar-refractivity contribution < 1.29 is 14.3 Å². The van der Waals surface area contributed by atoms with Gasteiger partial charge < -0.3 is 15.0 Å². The van der Waals surface area contributed by atoms with E-state index in [2.05, 4.69) is 15.3 Å². The first-order valence-corrected chi connectivity index (χ1v) is 12.7. The van der Waals surface area contributed by atoms with Gasteiger partial charge in [0.05, 0.1) is 29.1 Å². The number of thiophene rings is 1. The molecule has 168 valence electrons. The van der Waals surface area contributed by atoms with Gasteiger partial charge in [-0.05, 0) is 55.5 Å². The number of aromatic amines is 1. The number of nitrogens with zero attached hydrogens (tertiary/aromatic N) is 1. The summed E-state index contributed by atoms with van der Waals surface area (Å²) in [6.07, 6.45) is 4.89. The Hall–Kier alpha value is -2.65. The fraction of sp³-hybridized carbons (Fsp3) is 0.391. The van der Waals surface area contributed by atoms with Crippen molar-refractivity contribution in [3.05, 3.63) is 56.4 Å². The third kappa shape index (κ3) is 5.21. The standard InChI is InChI=1S/C23H25N3O4S2/c1-2-3-11-30-23(29)14-7-9-15(10-8-14)24-19(27)13-31-12-18-25-21(28)20-16-5-4-6-17(16)32-22(20)26-18/h7-10H,2-6,11-13H2,1H3,(H,24,27)(H,25,26,28). The smallest absolute Gasteiger partial charge is 0.338 e. The van der Waals surface area contributed by atoms with Crippen LogP contribution in [-0.4, -0.2) is 34.2 Å². The van der Waals surface area contributed by atoms with Gasteiger partial charge in [-0.2, -0.15) is 0 Å². The summed E-state index contributed by atoms with van der Waals surface area (Å²) < 4.78 is 5.18. The molecule has 9 heteroatoms. The van der Waals surface area contributed by atoms with Crippen LogP contribution < -0.4 is 10.9 Å². The Labute approximate surface area is 194 Å². The van der Waals surface area contributed by atoms with E-state index >= 15 is 0 Å². The largest absolute Gasteiger partial charge is 0.462 e. The maximum absolute atomic E-state index is 12.5. The molecule has 0 fully saturated rings. The zero-order valence-electron chi connectivity index (χ0n) is 17.9. The fourth-order valence-electron chi connectivity index (χ4n) is 3.63. The number of aromatic nitrogens is 2. The summed E-state index contributed by atoms with van der Waals surface area (Å²) in [6, 6.07) is 6.64. The number of carbonyl (C=O) groups is 2. The fourth-order valence-corrected chi connectivity index (χ4v) is 5.61. The number of nitrogens with one attached hydrogen (secondary N) is 2. The Morgan fingerprint density at radius 3 is 2.84 bits per heavy atom. The highest BCUT2D eigenvalue weighted by molar-refractivity contribution is 7.99. The summed E-state index contributed by atoms with van der Waals surface area (Å²) in [6.45, 7) is 2.44. The van der Waals surface area contributed by atoms with Crippen molar-refractivity contribution in [3.63, 3.8) is 0 Å². The average Bonchev–Trinajstić information content (AvgIpc) is 3.35. The molecule has 32 heavy (non-hydrogen) atoms. The highest BCUT2D eigenvalue weighted by Gasteiger charge is 2.21. The normalized spacial score (nSPS) is 12.7. The molecule has 1 amide bonds. The van der Waals surface area contributed by atoms with Crippen molar-refractivity contribution in [2.75, 3.05) is 17.7 Å². The SMILES string of the molecule is CCCCOC(=O)c1ccc(NC(=O)CSCc2nc3sc4c(c3c(=O)[nH]2)CCC4)cc1. The van der Waals surface area contributed by atoms with Crippen molar-refractivity contribution in [2.24, 2.45) is 0 Å². The second kappa shape index (κ2) is 10.3. The van der Waals surface area contributed by atoms with Crippen LogP contribution in [0.4, 0.5) is 5.69 Å². The molecular formula is C23H25N3O4S2. The molecule has 2 N–H and O–H groups in total. The summed E-state index contributed by atoms with van der Waals surface area (Å²) in [7, 11) is 0. The summed E-state index contributed by atoms with van der Waals surface area (Å²) in [5, 5.41) is 3.55. The number of thioether (sulfide) groups is 1. The van der Waals surface area contributed by atoms with Crippen molar-refractivity contribution in [1.82, 2.24) is 9.97 Å². The molecule has 0 unspecified atom stereocenters. The van der Waals surface area contributed by atoms with E-state index in [1.54, 1.807) is 35.6 Å². The van der Waals surface area contributed by atoms with Gasteiger partial charge >= 0.3 is 5.97 Å². The van der Waals surface area contributed by atoms with Crippen molar-refractivity contribution in [1.29, 1.82) is 0 Å². The molecular weight excluding hydrogens is 446 g/mol. The molecule has 1 aliphatic carbocycles. The maximum Gasteiger partial charge on any atom is 0.338 e. The second-order valence-corrected chi connectivity index (χ2v) is 9.73. The molecule has 0 aliphatic heterocycles. The molecule has 1 aromatic carbocycles. The first kappa shape index (κ1) is 22.5. The molecule has 0 spiro atoms. The Morgan fingerprint density at radius 2 is 2.06 bits per heavy atom. The minimum absolute atomic E-state index is 0.0808. The highest BCUT2D eigenvalue weighted by Crippen LogP contribution is 2.34. The minimum atomic E-state index is -0.360. The number of rotatable bonds is 9. The number of aryl methyl sites for hydroxylation is 2. The lowest BCUT2D eigenvalue weighted by atomic mass is 10.2. The molecule has 7 nitrogen and oxygen atoms in total. The number of anilines is 1. The summed E-state index contributed by atoms with van der Waals surface area (Å²) in [5.41, 5.74) is 2.15. The molecule has 0 atom stereocenters. The number of hydrogen-bond donors (Lipinski definition) is 2. The van der Waals surface area contributed by atoms with Gasteiger partial charge in [-0.15, -0.1) is 23.1 Å². The van der Waals surface area contributed by atoms with E-state index in [9.17, 15) is 14.4 Å². The molecule has 0 saturated carbocycles. The maximum atomic E-state index is 12.5. The molecule has 0 saturated heterocycles. The lowest BCUT2D eigenvalue weighted by Crippen LogP contribution is -2.15. The average molecular weight is 472 g/mol. The second-order valence-electron chi connectivity index (χ2n) is 7.66. The van der Waals surface area contributed by atoms with Crippen LogP contribution in [0.1, 0.15) is 52.8 Å². The van der Waals surface area contributed by atoms with E-state index < -0.39 is 0 Å². The third-order valence-corrected chi connectivity index (χ3v) is 7.36. The predicted octanol–water partition coefficient (Wildman–Crippen LogP) is 4.30. The molecule has 2 aromatic heterocycles. The Morgan fingerprint density at radius 1 is 1.25 bits per heavy atom. The van der Waals surface area contributed by atoms with Crippen LogP contribution in [0, 0.1) is 0 Å². The van der Waals surface area contributed by atoms with Gasteiger partial charge in [0, 0.05) is 10.6 Å². The van der Waals surface area contributed by atoms with Gasteiger partial charge in [0.15, 0.2) is 0 Å². The van der Waals surface area contributed by atoms with Gasteiger partial charge in [-0.1, -0.05) is 13.3 Å². The van der Waals surface area contributed by atoms with Gasteiger partial charge in [-0.3, -0.25) is 9.59 Å². The third-order valence-electron chi connectivity index (χ3n) is 5.23. The van der Waals surface area contributed by atoms with Gasteiger partial charge in [0.2, 0.25) is 5.91 Å². The van der Waals surface area contributed by atoms with Gasteiger partial charge in [-0.25, -0.2) is 9.78 Å². The zero-order valence-corrected chi connectivity index (χ0v) is 19.5. The van der Waals surface area contributed by atoms with E-state index in [1.807, 2.05) is 6.92 Å². The number of carbonyl (C=O) groups excluding carboxylic acids is 2. The molecule has 4 rings (SSSR count). The quantitative estimate of drug-likeness (QED) is 0.356. The van der Waals surface area contributed by atoms with Crippen LogP contribution >= 0.6 is 23.1 Å². The first-order chi connectivity index (χ1) is 15.5. The van der Waals surface area contributed by atoms with Gasteiger partial charge in [0.25, 0.3) is 5.56 Å². The Bertz CT molecular complexity index is 1180. The molecule has 1 aliphatic rings. The van der Waals surface area contributed by atoms with E-state index in [-0.39, 0.29) is 23.2 Å². The topological polar surface area (TPSA) is 101 Å². The number of esters is 1. The Kier molecular flexibility index (Phi) is 7.26. The zero-order chi connectivity index (χ0) is 22.5. The number of unbranched alkanes of at least 4 members (excludes halogenated alkanes) is 1.